The Kier molecular flexibility index (Phi) is 4.02. The molecular formula is C14H9F5O2. The number of halogens is 5. The Hall–Kier alpha value is -2.31. The molecule has 0 aliphatic carbocycles. The quantitative estimate of drug-likeness (QED) is 0.795. The number of ether oxygens (including phenoxy) is 1. The first-order valence-corrected chi connectivity index (χ1v) is 5.73. The van der Waals surface area contributed by atoms with Gasteiger partial charge in [-0.25, -0.2) is 8.78 Å². The molecule has 2 nitrogen and oxygen atoms in total. The Bertz CT molecular complexity index is 620. The molecule has 0 saturated heterocycles. The van der Waals surface area contributed by atoms with Crippen molar-refractivity contribution in [3.63, 3.8) is 0 Å². The summed E-state index contributed by atoms with van der Waals surface area (Å²) in [5.74, 6) is -0.618. The van der Waals surface area contributed by atoms with Crippen LogP contribution < -0.4 is 4.74 Å². The van der Waals surface area contributed by atoms with E-state index >= 15 is 0 Å². The van der Waals surface area contributed by atoms with Crippen LogP contribution >= 0.6 is 0 Å². The van der Waals surface area contributed by atoms with Gasteiger partial charge in [0.15, 0.2) is 0 Å². The molecule has 112 valence electrons. The van der Waals surface area contributed by atoms with Crippen LogP contribution in [0.3, 0.4) is 0 Å². The first kappa shape index (κ1) is 15.1. The molecule has 0 spiro atoms. The molecule has 0 aromatic heterocycles. The van der Waals surface area contributed by atoms with Gasteiger partial charge in [0.2, 0.25) is 0 Å². The molecule has 7 heteroatoms. The molecular weight excluding hydrogens is 295 g/mol. The Labute approximate surface area is 116 Å². The van der Waals surface area contributed by atoms with Crippen molar-refractivity contribution in [3.8, 4) is 17.2 Å². The first-order valence-electron chi connectivity index (χ1n) is 5.73. The molecule has 0 fully saturated rings. The van der Waals surface area contributed by atoms with Crippen LogP contribution in [0.2, 0.25) is 0 Å². The van der Waals surface area contributed by atoms with Crippen molar-refractivity contribution in [2.75, 3.05) is 0 Å². The van der Waals surface area contributed by atoms with Gasteiger partial charge in [0.25, 0.3) is 6.43 Å². The fourth-order valence-electron chi connectivity index (χ4n) is 1.64. The van der Waals surface area contributed by atoms with E-state index in [1.165, 1.54) is 24.3 Å². The van der Waals surface area contributed by atoms with Crippen molar-refractivity contribution < 1.29 is 31.8 Å². The second-order valence-electron chi connectivity index (χ2n) is 4.15. The van der Waals surface area contributed by atoms with Gasteiger partial charge in [0.05, 0.1) is 5.56 Å². The molecule has 2 aromatic carbocycles. The third-order valence-electron chi connectivity index (χ3n) is 2.63. The van der Waals surface area contributed by atoms with Gasteiger partial charge >= 0.3 is 6.18 Å². The van der Waals surface area contributed by atoms with Crippen LogP contribution in [-0.4, -0.2) is 5.11 Å². The van der Waals surface area contributed by atoms with Crippen LogP contribution in [0.25, 0.3) is 0 Å². The van der Waals surface area contributed by atoms with Crippen molar-refractivity contribution in [2.24, 2.45) is 0 Å². The Morgan fingerprint density at radius 1 is 0.952 bits per heavy atom. The fraction of sp³-hybridized carbons (Fsp3) is 0.143. The summed E-state index contributed by atoms with van der Waals surface area (Å²) in [5, 5.41) is 9.09. The predicted octanol–water partition coefficient (Wildman–Crippen LogP) is 5.14. The van der Waals surface area contributed by atoms with E-state index in [9.17, 15) is 22.0 Å². The van der Waals surface area contributed by atoms with E-state index in [-0.39, 0.29) is 11.5 Å². The van der Waals surface area contributed by atoms with Crippen molar-refractivity contribution in [3.05, 3.63) is 53.6 Å². The van der Waals surface area contributed by atoms with Gasteiger partial charge in [0.1, 0.15) is 17.2 Å². The number of hydrogen-bond acceptors (Lipinski definition) is 2. The number of aromatic hydroxyl groups is 1. The maximum atomic E-state index is 12.9. The highest BCUT2D eigenvalue weighted by Gasteiger charge is 2.35. The zero-order valence-electron chi connectivity index (χ0n) is 10.4. The molecule has 0 saturated carbocycles. The smallest absolute Gasteiger partial charge is 0.419 e. The molecule has 0 bridgehead atoms. The standard InChI is InChI=1S/C14H9F5O2/c15-13(16)8-1-6-12(11(7-8)14(17,18)19)21-10-4-2-9(20)3-5-10/h1-7,13,20H. The minimum Gasteiger partial charge on any atom is -0.508 e. The molecule has 2 rings (SSSR count). The van der Waals surface area contributed by atoms with Crippen LogP contribution in [-0.2, 0) is 6.18 Å². The normalized spacial score (nSPS) is 11.7. The molecule has 1 N–H and O–H groups in total. The lowest BCUT2D eigenvalue weighted by atomic mass is 10.1. The van der Waals surface area contributed by atoms with E-state index in [4.69, 9.17) is 9.84 Å². The van der Waals surface area contributed by atoms with Crippen molar-refractivity contribution in [1.82, 2.24) is 0 Å². The summed E-state index contributed by atoms with van der Waals surface area (Å²) in [6.07, 6.45) is -7.83. The van der Waals surface area contributed by atoms with Gasteiger partial charge in [-0.1, -0.05) is 0 Å². The SMILES string of the molecule is Oc1ccc(Oc2ccc(C(F)F)cc2C(F)(F)F)cc1. The number of phenols is 1. The third-order valence-corrected chi connectivity index (χ3v) is 2.63. The van der Waals surface area contributed by atoms with Gasteiger partial charge in [-0.15, -0.1) is 0 Å². The van der Waals surface area contributed by atoms with Crippen molar-refractivity contribution in [1.29, 1.82) is 0 Å². The lowest BCUT2D eigenvalue weighted by Gasteiger charge is -2.15. The van der Waals surface area contributed by atoms with E-state index in [0.717, 1.165) is 12.1 Å². The monoisotopic (exact) mass is 304 g/mol. The average Bonchev–Trinajstić information content (AvgIpc) is 2.40. The van der Waals surface area contributed by atoms with Gasteiger partial charge in [-0.3, -0.25) is 0 Å². The van der Waals surface area contributed by atoms with Gasteiger partial charge in [-0.2, -0.15) is 13.2 Å². The Morgan fingerprint density at radius 3 is 2.10 bits per heavy atom. The minimum absolute atomic E-state index is 0.0445. The highest BCUT2D eigenvalue weighted by Crippen LogP contribution is 2.40. The molecule has 0 radical (unpaired) electrons. The van der Waals surface area contributed by atoms with E-state index in [2.05, 4.69) is 0 Å². The fourth-order valence-corrected chi connectivity index (χ4v) is 1.64. The first-order chi connectivity index (χ1) is 9.77. The molecule has 0 aliphatic heterocycles. The number of benzene rings is 2. The number of phenolic OH excluding ortho intramolecular Hbond substituents is 1. The number of hydrogen-bond donors (Lipinski definition) is 1. The van der Waals surface area contributed by atoms with E-state index in [0.29, 0.717) is 6.07 Å². The lowest BCUT2D eigenvalue weighted by Crippen LogP contribution is -2.08. The number of alkyl halides is 5. The Balaban J connectivity index is 2.40. The van der Waals surface area contributed by atoms with E-state index in [1.54, 1.807) is 0 Å². The summed E-state index contributed by atoms with van der Waals surface area (Å²) < 4.78 is 68.7. The lowest BCUT2D eigenvalue weighted by molar-refractivity contribution is -0.138. The largest absolute Gasteiger partial charge is 0.508 e. The molecule has 0 atom stereocenters. The zero-order chi connectivity index (χ0) is 15.6. The average molecular weight is 304 g/mol. The molecule has 2 aromatic rings. The molecule has 0 amide bonds. The molecule has 0 heterocycles. The minimum atomic E-state index is -4.82. The second-order valence-corrected chi connectivity index (χ2v) is 4.15. The van der Waals surface area contributed by atoms with E-state index in [1.807, 2.05) is 0 Å². The van der Waals surface area contributed by atoms with Crippen LogP contribution in [0, 0.1) is 0 Å². The van der Waals surface area contributed by atoms with Crippen LogP contribution in [0.5, 0.6) is 17.2 Å². The Morgan fingerprint density at radius 2 is 1.57 bits per heavy atom. The highest BCUT2D eigenvalue weighted by molar-refractivity contribution is 5.43. The maximum Gasteiger partial charge on any atom is 0.419 e. The summed E-state index contributed by atoms with van der Waals surface area (Å²) in [6.45, 7) is 0. The summed E-state index contributed by atoms with van der Waals surface area (Å²) in [7, 11) is 0. The van der Waals surface area contributed by atoms with Crippen molar-refractivity contribution >= 4 is 0 Å². The van der Waals surface area contributed by atoms with Crippen molar-refractivity contribution in [2.45, 2.75) is 12.6 Å². The van der Waals surface area contributed by atoms with Crippen LogP contribution in [0.1, 0.15) is 17.6 Å². The summed E-state index contributed by atoms with van der Waals surface area (Å²) in [5.41, 5.74) is -2.02. The predicted molar refractivity (Wildman–Crippen MR) is 64.6 cm³/mol. The topological polar surface area (TPSA) is 29.5 Å². The number of rotatable bonds is 3. The zero-order valence-corrected chi connectivity index (χ0v) is 10.4. The third kappa shape index (κ3) is 3.62. The second kappa shape index (κ2) is 5.59. The maximum absolute atomic E-state index is 12.9. The van der Waals surface area contributed by atoms with Gasteiger partial charge < -0.3 is 9.84 Å². The summed E-state index contributed by atoms with van der Waals surface area (Å²) in [6, 6.07) is 7.06. The highest BCUT2D eigenvalue weighted by atomic mass is 19.4. The summed E-state index contributed by atoms with van der Waals surface area (Å²) in [4.78, 5) is 0. The molecule has 0 aliphatic rings. The van der Waals surface area contributed by atoms with E-state index < -0.39 is 29.5 Å². The summed E-state index contributed by atoms with van der Waals surface area (Å²) >= 11 is 0. The molecule has 21 heavy (non-hydrogen) atoms. The van der Waals surface area contributed by atoms with Gasteiger partial charge in [0, 0.05) is 5.56 Å². The van der Waals surface area contributed by atoms with Crippen LogP contribution in [0.4, 0.5) is 22.0 Å². The van der Waals surface area contributed by atoms with Crippen LogP contribution in [0.15, 0.2) is 42.5 Å². The van der Waals surface area contributed by atoms with Gasteiger partial charge in [-0.05, 0) is 42.5 Å². The molecule has 0 unspecified atom stereocenters.